The van der Waals surface area contributed by atoms with Gasteiger partial charge in [0.15, 0.2) is 5.69 Å². The molecule has 2 N–H and O–H groups in total. The lowest BCUT2D eigenvalue weighted by Crippen LogP contribution is -2.46. The van der Waals surface area contributed by atoms with Crippen LogP contribution < -0.4 is 0 Å². The summed E-state index contributed by atoms with van der Waals surface area (Å²) in [5, 5.41) is 26.7. The number of ether oxygens (including phenoxy) is 1. The van der Waals surface area contributed by atoms with E-state index in [1.165, 1.54) is 10.9 Å². The van der Waals surface area contributed by atoms with E-state index in [0.717, 1.165) is 0 Å². The van der Waals surface area contributed by atoms with Crippen molar-refractivity contribution in [3.63, 3.8) is 0 Å². The maximum Gasteiger partial charge on any atom is 0.358 e. The van der Waals surface area contributed by atoms with Crippen molar-refractivity contribution in [3.05, 3.63) is 47.7 Å². The van der Waals surface area contributed by atoms with Crippen molar-refractivity contribution in [3.8, 4) is 0 Å². The van der Waals surface area contributed by atoms with Gasteiger partial charge in [-0.25, -0.2) is 14.5 Å². The molecule has 23 heavy (non-hydrogen) atoms. The fraction of sp³-hybridized carbons (Fsp3) is 0.286. The number of carbonyl (C=O) groups is 1. The van der Waals surface area contributed by atoms with E-state index in [9.17, 15) is 9.90 Å². The monoisotopic (exact) mass is 315 g/mol. The lowest BCUT2D eigenvalue weighted by molar-refractivity contribution is -0.184. The van der Waals surface area contributed by atoms with E-state index < -0.39 is 11.6 Å². The third-order valence-corrected chi connectivity index (χ3v) is 3.80. The summed E-state index contributed by atoms with van der Waals surface area (Å²) < 4.78 is 8.33. The van der Waals surface area contributed by atoms with Gasteiger partial charge in [-0.2, -0.15) is 0 Å². The number of carboxylic acids is 1. The average Bonchev–Trinajstić information content (AvgIpc) is 3.10. The standard InChI is InChI=1S/C14H13N5O4/c20-13(21)11-6-19(17-16-11)5-9-4-18-3-1-2-10(12(18)15-9)14(22)7-23-8-14/h1-4,6,22H,5,7-8H2,(H,20,21). The number of aromatic carboxylic acids is 1. The first-order chi connectivity index (χ1) is 11.0. The molecule has 0 saturated carbocycles. The maximum absolute atomic E-state index is 10.8. The number of carboxylic acid groups (broad SMARTS) is 1. The van der Waals surface area contributed by atoms with Gasteiger partial charge in [-0.1, -0.05) is 11.3 Å². The SMILES string of the molecule is O=C(O)c1cn(Cc2cn3cccc(C4(O)COC4)c3n2)nn1. The van der Waals surface area contributed by atoms with Crippen LogP contribution in [-0.2, 0) is 16.9 Å². The van der Waals surface area contributed by atoms with Crippen molar-refractivity contribution >= 4 is 11.6 Å². The number of fused-ring (bicyclic) bond motifs is 1. The molecule has 0 radical (unpaired) electrons. The number of aliphatic hydroxyl groups is 1. The zero-order chi connectivity index (χ0) is 16.0. The van der Waals surface area contributed by atoms with Gasteiger partial charge in [0.2, 0.25) is 0 Å². The first-order valence-corrected chi connectivity index (χ1v) is 6.96. The molecule has 4 rings (SSSR count). The molecule has 3 aromatic heterocycles. The van der Waals surface area contributed by atoms with Gasteiger partial charge >= 0.3 is 5.97 Å². The lowest BCUT2D eigenvalue weighted by Gasteiger charge is -2.36. The molecule has 3 aromatic rings. The Bertz CT molecular complexity index is 896. The van der Waals surface area contributed by atoms with Crippen LogP contribution in [0.25, 0.3) is 5.65 Å². The first kappa shape index (κ1) is 13.9. The molecule has 118 valence electrons. The Morgan fingerprint density at radius 3 is 2.87 bits per heavy atom. The molecule has 0 bridgehead atoms. The quantitative estimate of drug-likeness (QED) is 0.690. The van der Waals surface area contributed by atoms with Crippen molar-refractivity contribution in [2.75, 3.05) is 13.2 Å². The molecular formula is C14H13N5O4. The minimum absolute atomic E-state index is 0.115. The van der Waals surface area contributed by atoms with E-state index in [1.807, 2.05) is 28.9 Å². The maximum atomic E-state index is 10.8. The highest BCUT2D eigenvalue weighted by molar-refractivity contribution is 5.84. The number of imidazole rings is 1. The summed E-state index contributed by atoms with van der Waals surface area (Å²) in [7, 11) is 0. The van der Waals surface area contributed by atoms with Gasteiger partial charge in [0.1, 0.15) is 11.2 Å². The third kappa shape index (κ3) is 2.26. The second kappa shape index (κ2) is 4.86. The molecule has 1 aliphatic heterocycles. The number of pyridine rings is 1. The summed E-state index contributed by atoms with van der Waals surface area (Å²) >= 11 is 0. The summed E-state index contributed by atoms with van der Waals surface area (Å²) in [6.07, 6.45) is 4.99. The van der Waals surface area contributed by atoms with Gasteiger partial charge in [-0.05, 0) is 6.07 Å². The predicted molar refractivity (Wildman–Crippen MR) is 76.0 cm³/mol. The molecule has 9 heteroatoms. The molecule has 0 atom stereocenters. The van der Waals surface area contributed by atoms with Crippen molar-refractivity contribution < 1.29 is 19.7 Å². The number of rotatable bonds is 4. The molecule has 0 aromatic carbocycles. The van der Waals surface area contributed by atoms with Crippen LogP contribution >= 0.6 is 0 Å². The minimum Gasteiger partial charge on any atom is -0.476 e. The van der Waals surface area contributed by atoms with E-state index >= 15 is 0 Å². The zero-order valence-corrected chi connectivity index (χ0v) is 12.0. The Hall–Kier alpha value is -2.78. The Morgan fingerprint density at radius 2 is 2.22 bits per heavy atom. The molecule has 9 nitrogen and oxygen atoms in total. The van der Waals surface area contributed by atoms with Crippen LogP contribution in [0.4, 0.5) is 0 Å². The van der Waals surface area contributed by atoms with Gasteiger partial charge in [0.05, 0.1) is 31.6 Å². The molecule has 0 aliphatic carbocycles. The molecule has 1 fully saturated rings. The molecule has 4 heterocycles. The van der Waals surface area contributed by atoms with Crippen LogP contribution in [0, 0.1) is 0 Å². The highest BCUT2D eigenvalue weighted by Gasteiger charge is 2.40. The van der Waals surface area contributed by atoms with Crippen LogP contribution in [-0.4, -0.2) is 53.8 Å². The van der Waals surface area contributed by atoms with Crippen LogP contribution in [0.15, 0.2) is 30.7 Å². The van der Waals surface area contributed by atoms with Crippen molar-refractivity contribution in [2.45, 2.75) is 12.1 Å². The molecule has 1 aliphatic rings. The fourth-order valence-corrected chi connectivity index (χ4v) is 2.59. The number of nitrogens with zero attached hydrogens (tertiary/aromatic N) is 5. The van der Waals surface area contributed by atoms with Gasteiger partial charge in [0.25, 0.3) is 0 Å². The van der Waals surface area contributed by atoms with Gasteiger partial charge in [-0.15, -0.1) is 5.10 Å². The Labute approximate surface area is 129 Å². The van der Waals surface area contributed by atoms with E-state index in [4.69, 9.17) is 9.84 Å². The first-order valence-electron chi connectivity index (χ1n) is 6.96. The van der Waals surface area contributed by atoms with Crippen LogP contribution in [0.5, 0.6) is 0 Å². The molecule has 0 unspecified atom stereocenters. The van der Waals surface area contributed by atoms with Crippen molar-refractivity contribution in [1.82, 2.24) is 24.4 Å². The molecular weight excluding hydrogens is 302 g/mol. The summed E-state index contributed by atoms with van der Waals surface area (Å²) in [6.45, 7) is 0.788. The predicted octanol–water partition coefficient (Wildman–Crippen LogP) is -0.110. The van der Waals surface area contributed by atoms with E-state index in [1.54, 1.807) is 0 Å². The van der Waals surface area contributed by atoms with Gasteiger partial charge < -0.3 is 19.4 Å². The largest absolute Gasteiger partial charge is 0.476 e. The number of aromatic nitrogens is 5. The second-order valence-electron chi connectivity index (χ2n) is 5.52. The number of hydrogen-bond donors (Lipinski definition) is 2. The topological polar surface area (TPSA) is 115 Å². The van der Waals surface area contributed by atoms with Gasteiger partial charge in [0, 0.05) is 18.0 Å². The average molecular weight is 315 g/mol. The van der Waals surface area contributed by atoms with E-state index in [0.29, 0.717) is 16.9 Å². The summed E-state index contributed by atoms with van der Waals surface area (Å²) in [4.78, 5) is 15.3. The highest BCUT2D eigenvalue weighted by atomic mass is 16.5. The van der Waals surface area contributed by atoms with Crippen molar-refractivity contribution in [2.24, 2.45) is 0 Å². The molecule has 0 spiro atoms. The van der Waals surface area contributed by atoms with Crippen LogP contribution in [0.3, 0.4) is 0 Å². The second-order valence-corrected chi connectivity index (χ2v) is 5.52. The Kier molecular flexibility index (Phi) is 2.93. The minimum atomic E-state index is -1.12. The molecule has 1 saturated heterocycles. The normalized spacial score (nSPS) is 16.4. The third-order valence-electron chi connectivity index (χ3n) is 3.80. The van der Waals surface area contributed by atoms with Crippen LogP contribution in [0.2, 0.25) is 0 Å². The number of hydrogen-bond acceptors (Lipinski definition) is 6. The molecule has 0 amide bonds. The van der Waals surface area contributed by atoms with E-state index in [-0.39, 0.29) is 25.5 Å². The summed E-state index contributed by atoms with van der Waals surface area (Å²) in [6, 6.07) is 3.66. The smallest absolute Gasteiger partial charge is 0.358 e. The van der Waals surface area contributed by atoms with Crippen molar-refractivity contribution in [1.29, 1.82) is 0 Å². The van der Waals surface area contributed by atoms with E-state index in [2.05, 4.69) is 15.3 Å². The zero-order valence-electron chi connectivity index (χ0n) is 12.0. The van der Waals surface area contributed by atoms with Gasteiger partial charge in [-0.3, -0.25) is 0 Å². The Balaban J connectivity index is 1.68. The summed E-state index contributed by atoms with van der Waals surface area (Å²) in [5.74, 6) is -1.12. The summed E-state index contributed by atoms with van der Waals surface area (Å²) in [5.41, 5.74) is 0.919. The highest BCUT2D eigenvalue weighted by Crippen LogP contribution is 2.31. The Morgan fingerprint density at radius 1 is 1.39 bits per heavy atom. The fourth-order valence-electron chi connectivity index (χ4n) is 2.59. The lowest BCUT2D eigenvalue weighted by atomic mass is 9.93. The van der Waals surface area contributed by atoms with Crippen LogP contribution in [0.1, 0.15) is 21.7 Å².